The van der Waals surface area contributed by atoms with Crippen LogP contribution in [0.15, 0.2) is 0 Å². The number of fused-ring (bicyclic) bond motifs is 1. The standard InChI is InChI=1S/C12H16N2O3S/c1-13-6-9(15)14-11-10(12(16)17-2)7-4-3-5-8(7)18-11/h13H,3-6H2,1-2H3,(H,14,15). The molecule has 5 nitrogen and oxygen atoms in total. The molecule has 0 saturated carbocycles. The molecule has 0 atom stereocenters. The van der Waals surface area contributed by atoms with Gasteiger partial charge in [-0.15, -0.1) is 11.3 Å². The van der Waals surface area contributed by atoms with E-state index < -0.39 is 0 Å². The number of rotatable bonds is 4. The van der Waals surface area contributed by atoms with Crippen molar-refractivity contribution in [3.05, 3.63) is 16.0 Å². The number of likely N-dealkylation sites (N-methyl/N-ethyl adjacent to an activating group) is 1. The van der Waals surface area contributed by atoms with Crippen molar-refractivity contribution in [2.45, 2.75) is 19.3 Å². The zero-order chi connectivity index (χ0) is 13.1. The highest BCUT2D eigenvalue weighted by Gasteiger charge is 2.27. The highest BCUT2D eigenvalue weighted by molar-refractivity contribution is 7.17. The van der Waals surface area contributed by atoms with Crippen LogP contribution in [0.25, 0.3) is 0 Å². The Morgan fingerprint density at radius 3 is 2.83 bits per heavy atom. The van der Waals surface area contributed by atoms with Crippen LogP contribution in [0.4, 0.5) is 5.00 Å². The maximum atomic E-state index is 11.8. The summed E-state index contributed by atoms with van der Waals surface area (Å²) in [7, 11) is 3.07. The molecule has 1 aromatic rings. The van der Waals surface area contributed by atoms with E-state index in [1.807, 2.05) is 0 Å². The van der Waals surface area contributed by atoms with E-state index in [1.54, 1.807) is 7.05 Å². The van der Waals surface area contributed by atoms with Gasteiger partial charge < -0.3 is 15.4 Å². The number of methoxy groups -OCH3 is 1. The molecule has 0 fully saturated rings. The first-order valence-electron chi connectivity index (χ1n) is 5.84. The molecule has 0 unspecified atom stereocenters. The molecule has 0 aliphatic heterocycles. The molecule has 1 aliphatic carbocycles. The first kappa shape index (κ1) is 13.0. The summed E-state index contributed by atoms with van der Waals surface area (Å²) >= 11 is 1.49. The van der Waals surface area contributed by atoms with Crippen molar-refractivity contribution in [3.8, 4) is 0 Å². The van der Waals surface area contributed by atoms with Crippen LogP contribution in [0.2, 0.25) is 0 Å². The second-order valence-electron chi connectivity index (χ2n) is 4.13. The fraction of sp³-hybridized carbons (Fsp3) is 0.500. The molecule has 2 N–H and O–H groups in total. The number of aryl methyl sites for hydroxylation is 1. The lowest BCUT2D eigenvalue weighted by atomic mass is 10.1. The lowest BCUT2D eigenvalue weighted by Gasteiger charge is -2.06. The van der Waals surface area contributed by atoms with E-state index in [2.05, 4.69) is 10.6 Å². The molecule has 0 spiro atoms. The van der Waals surface area contributed by atoms with Crippen molar-refractivity contribution in [1.29, 1.82) is 0 Å². The summed E-state index contributed by atoms with van der Waals surface area (Å²) in [6.45, 7) is 0.225. The Bertz CT molecular complexity index is 482. The van der Waals surface area contributed by atoms with Gasteiger partial charge >= 0.3 is 5.97 Å². The highest BCUT2D eigenvalue weighted by atomic mass is 32.1. The molecule has 6 heteroatoms. The lowest BCUT2D eigenvalue weighted by Crippen LogP contribution is -2.25. The van der Waals surface area contributed by atoms with Gasteiger partial charge in [0.25, 0.3) is 0 Å². The van der Waals surface area contributed by atoms with Gasteiger partial charge in [-0.2, -0.15) is 0 Å². The molecule has 1 aliphatic rings. The Balaban J connectivity index is 2.29. The predicted octanol–water partition coefficient (Wildman–Crippen LogP) is 1.18. The van der Waals surface area contributed by atoms with Gasteiger partial charge in [-0.1, -0.05) is 0 Å². The number of carbonyl (C=O) groups is 2. The number of nitrogens with one attached hydrogen (secondary N) is 2. The van der Waals surface area contributed by atoms with E-state index in [1.165, 1.54) is 23.3 Å². The van der Waals surface area contributed by atoms with Crippen LogP contribution in [0.1, 0.15) is 27.2 Å². The predicted molar refractivity (Wildman–Crippen MR) is 70.2 cm³/mol. The summed E-state index contributed by atoms with van der Waals surface area (Å²) in [5.41, 5.74) is 1.59. The molecule has 18 heavy (non-hydrogen) atoms. The molecule has 0 saturated heterocycles. The summed E-state index contributed by atoms with van der Waals surface area (Å²) in [4.78, 5) is 24.6. The van der Waals surface area contributed by atoms with Crippen LogP contribution >= 0.6 is 11.3 Å². The largest absolute Gasteiger partial charge is 0.465 e. The number of hydrogen-bond acceptors (Lipinski definition) is 5. The minimum absolute atomic E-state index is 0.150. The number of amides is 1. The molecule has 0 radical (unpaired) electrons. The quantitative estimate of drug-likeness (QED) is 0.805. The van der Waals surface area contributed by atoms with Crippen LogP contribution in [0.3, 0.4) is 0 Å². The zero-order valence-electron chi connectivity index (χ0n) is 10.5. The van der Waals surface area contributed by atoms with Crippen molar-refractivity contribution in [3.63, 3.8) is 0 Å². The first-order chi connectivity index (χ1) is 8.67. The summed E-state index contributed by atoms with van der Waals surface area (Å²) in [6, 6.07) is 0. The van der Waals surface area contributed by atoms with Gasteiger partial charge in [0.15, 0.2) is 0 Å². The Hall–Kier alpha value is -1.40. The summed E-state index contributed by atoms with van der Waals surface area (Å²) in [5.74, 6) is -0.517. The van der Waals surface area contributed by atoms with Crippen LogP contribution < -0.4 is 10.6 Å². The fourth-order valence-electron chi connectivity index (χ4n) is 2.14. The summed E-state index contributed by atoms with van der Waals surface area (Å²) in [6.07, 6.45) is 2.93. The number of anilines is 1. The van der Waals surface area contributed by atoms with E-state index in [4.69, 9.17) is 4.74 Å². The molecule has 0 aromatic carbocycles. The Labute approximate surface area is 110 Å². The van der Waals surface area contributed by atoms with Crippen LogP contribution in [-0.2, 0) is 22.4 Å². The second-order valence-corrected chi connectivity index (χ2v) is 5.24. The van der Waals surface area contributed by atoms with Crippen molar-refractivity contribution in [2.24, 2.45) is 0 Å². The van der Waals surface area contributed by atoms with E-state index in [0.29, 0.717) is 10.6 Å². The van der Waals surface area contributed by atoms with Gasteiger partial charge in [-0.3, -0.25) is 4.79 Å². The molecule has 2 rings (SSSR count). The van der Waals surface area contributed by atoms with E-state index >= 15 is 0 Å². The number of thiophene rings is 1. The number of esters is 1. The average Bonchev–Trinajstić information content (AvgIpc) is 2.88. The van der Waals surface area contributed by atoms with Crippen molar-refractivity contribution in [2.75, 3.05) is 26.0 Å². The van der Waals surface area contributed by atoms with Gasteiger partial charge in [0, 0.05) is 4.88 Å². The molecular weight excluding hydrogens is 252 g/mol. The van der Waals surface area contributed by atoms with Crippen molar-refractivity contribution >= 4 is 28.2 Å². The normalized spacial score (nSPS) is 13.2. The Kier molecular flexibility index (Phi) is 3.98. The van der Waals surface area contributed by atoms with Crippen LogP contribution in [0.5, 0.6) is 0 Å². The summed E-state index contributed by atoms with van der Waals surface area (Å²) in [5, 5.41) is 6.17. The van der Waals surface area contributed by atoms with Crippen LogP contribution in [-0.4, -0.2) is 32.6 Å². The third kappa shape index (κ3) is 2.39. The number of carbonyl (C=O) groups excluding carboxylic acids is 2. The first-order valence-corrected chi connectivity index (χ1v) is 6.66. The lowest BCUT2D eigenvalue weighted by molar-refractivity contribution is -0.115. The molecule has 1 aromatic heterocycles. The third-order valence-corrected chi connectivity index (χ3v) is 4.11. The smallest absolute Gasteiger partial charge is 0.341 e. The van der Waals surface area contributed by atoms with E-state index in [0.717, 1.165) is 24.8 Å². The van der Waals surface area contributed by atoms with Gasteiger partial charge in [-0.25, -0.2) is 4.79 Å². The number of hydrogen-bond donors (Lipinski definition) is 2. The zero-order valence-corrected chi connectivity index (χ0v) is 11.3. The minimum Gasteiger partial charge on any atom is -0.465 e. The van der Waals surface area contributed by atoms with E-state index in [-0.39, 0.29) is 18.4 Å². The van der Waals surface area contributed by atoms with Crippen molar-refractivity contribution < 1.29 is 14.3 Å². The average molecular weight is 268 g/mol. The molecule has 1 amide bonds. The second kappa shape index (κ2) is 5.49. The fourth-order valence-corrected chi connectivity index (χ4v) is 3.44. The van der Waals surface area contributed by atoms with Crippen molar-refractivity contribution in [1.82, 2.24) is 5.32 Å². The third-order valence-electron chi connectivity index (χ3n) is 2.90. The SMILES string of the molecule is CNCC(=O)Nc1sc2c(c1C(=O)OC)CCC2. The molecule has 0 bridgehead atoms. The van der Waals surface area contributed by atoms with E-state index in [9.17, 15) is 9.59 Å². The van der Waals surface area contributed by atoms with Crippen LogP contribution in [0, 0.1) is 0 Å². The maximum absolute atomic E-state index is 11.8. The van der Waals surface area contributed by atoms with Gasteiger partial charge in [0.2, 0.25) is 5.91 Å². The van der Waals surface area contributed by atoms with Gasteiger partial charge in [-0.05, 0) is 31.9 Å². The molecule has 1 heterocycles. The topological polar surface area (TPSA) is 67.4 Å². The molecule has 98 valence electrons. The minimum atomic E-state index is -0.367. The summed E-state index contributed by atoms with van der Waals surface area (Å²) < 4.78 is 4.80. The Morgan fingerprint density at radius 2 is 2.17 bits per heavy atom. The van der Waals surface area contributed by atoms with Gasteiger partial charge in [0.1, 0.15) is 5.00 Å². The maximum Gasteiger partial charge on any atom is 0.341 e. The monoisotopic (exact) mass is 268 g/mol. The number of ether oxygens (including phenoxy) is 1. The van der Waals surface area contributed by atoms with Gasteiger partial charge in [0.05, 0.1) is 19.2 Å². The highest BCUT2D eigenvalue weighted by Crippen LogP contribution is 2.39. The Morgan fingerprint density at radius 1 is 1.39 bits per heavy atom. The molecular formula is C12H16N2O3S.